The van der Waals surface area contributed by atoms with Gasteiger partial charge in [-0.2, -0.15) is 4.31 Å². The zero-order valence-corrected chi connectivity index (χ0v) is 20.2. The fourth-order valence-corrected chi connectivity index (χ4v) is 5.51. The van der Waals surface area contributed by atoms with E-state index in [9.17, 15) is 13.2 Å². The number of aromatic nitrogens is 1. The zero-order chi connectivity index (χ0) is 24.0. The van der Waals surface area contributed by atoms with Gasteiger partial charge in [0.15, 0.2) is 11.5 Å². The first kappa shape index (κ1) is 24.3. The predicted octanol–water partition coefficient (Wildman–Crippen LogP) is 2.75. The van der Waals surface area contributed by atoms with E-state index < -0.39 is 10.0 Å². The van der Waals surface area contributed by atoms with Gasteiger partial charge in [0, 0.05) is 43.4 Å². The second-order valence-corrected chi connectivity index (χ2v) is 10.3. The van der Waals surface area contributed by atoms with Gasteiger partial charge in [0.25, 0.3) is 0 Å². The lowest BCUT2D eigenvalue weighted by atomic mass is 9.97. The van der Waals surface area contributed by atoms with E-state index in [0.29, 0.717) is 56.6 Å². The lowest BCUT2D eigenvalue weighted by Gasteiger charge is -2.31. The van der Waals surface area contributed by atoms with Crippen molar-refractivity contribution in [2.24, 2.45) is 5.92 Å². The number of carbonyl (C=O) groups excluding carboxylic acids is 1. The van der Waals surface area contributed by atoms with Crippen LogP contribution in [0.25, 0.3) is 0 Å². The molecule has 1 aromatic heterocycles. The lowest BCUT2D eigenvalue weighted by Crippen LogP contribution is -2.42. The third-order valence-electron chi connectivity index (χ3n) is 6.02. The maximum atomic E-state index is 13.1. The number of ether oxygens (including phenoxy) is 3. The highest BCUT2D eigenvalue weighted by molar-refractivity contribution is 7.89. The number of sulfonamides is 1. The van der Waals surface area contributed by atoms with Crippen LogP contribution in [0.2, 0.25) is 0 Å². The molecule has 1 aromatic carbocycles. The Morgan fingerprint density at radius 3 is 2.71 bits per heavy atom. The number of fused-ring (bicyclic) bond motifs is 1. The van der Waals surface area contributed by atoms with Crippen molar-refractivity contribution >= 4 is 15.9 Å². The number of pyridine rings is 1. The van der Waals surface area contributed by atoms with Gasteiger partial charge in [0.05, 0.1) is 11.5 Å². The Hall–Kier alpha value is -2.85. The average molecular weight is 490 g/mol. The summed E-state index contributed by atoms with van der Waals surface area (Å²) in [5.74, 6) is 1.20. The normalized spacial score (nSPS) is 16.7. The highest BCUT2D eigenvalue weighted by Gasteiger charge is 2.33. The fourth-order valence-electron chi connectivity index (χ4n) is 4.02. The van der Waals surface area contributed by atoms with Crippen molar-refractivity contribution in [2.75, 3.05) is 32.9 Å². The Labute approximate surface area is 200 Å². The van der Waals surface area contributed by atoms with Gasteiger partial charge in [0.1, 0.15) is 13.2 Å². The maximum Gasteiger partial charge on any atom is 0.243 e. The number of amides is 1. The molecule has 1 amide bonds. The second kappa shape index (κ2) is 11.1. The number of rotatable bonds is 9. The summed E-state index contributed by atoms with van der Waals surface area (Å²) >= 11 is 0. The van der Waals surface area contributed by atoms with Gasteiger partial charge in [-0.3, -0.25) is 4.79 Å². The van der Waals surface area contributed by atoms with E-state index in [1.54, 1.807) is 12.3 Å². The molecule has 0 bridgehead atoms. The van der Waals surface area contributed by atoms with Crippen molar-refractivity contribution in [3.05, 3.63) is 42.1 Å². The van der Waals surface area contributed by atoms with Crippen LogP contribution in [0, 0.1) is 5.92 Å². The first-order valence-corrected chi connectivity index (χ1v) is 13.2. The van der Waals surface area contributed by atoms with E-state index >= 15 is 0 Å². The Bertz CT molecular complexity index is 1100. The lowest BCUT2D eigenvalue weighted by molar-refractivity contribution is -0.126. The largest absolute Gasteiger partial charge is 0.486 e. The van der Waals surface area contributed by atoms with Gasteiger partial charge in [-0.25, -0.2) is 13.4 Å². The van der Waals surface area contributed by atoms with Gasteiger partial charge in [-0.1, -0.05) is 19.4 Å². The molecule has 0 unspecified atom stereocenters. The molecule has 3 heterocycles. The molecule has 2 aliphatic rings. The maximum absolute atomic E-state index is 13.1. The van der Waals surface area contributed by atoms with Gasteiger partial charge in [-0.15, -0.1) is 0 Å². The van der Waals surface area contributed by atoms with Crippen molar-refractivity contribution < 1.29 is 27.4 Å². The Kier molecular flexibility index (Phi) is 7.89. The van der Waals surface area contributed by atoms with Crippen LogP contribution in [0.15, 0.2) is 41.4 Å². The standard InChI is InChI=1S/C24H31N3O6S/c1-2-3-13-33-24-19(5-4-10-25-24)17-26-23(28)18-8-11-27(12-9-18)34(29,30)20-6-7-21-22(16-20)32-15-14-31-21/h4-7,10,16,18H,2-3,8-9,11-15,17H2,1H3,(H,26,28). The highest BCUT2D eigenvalue weighted by atomic mass is 32.2. The molecule has 2 aromatic rings. The van der Waals surface area contributed by atoms with Crippen molar-refractivity contribution in [3.63, 3.8) is 0 Å². The molecule has 4 rings (SSSR count). The molecule has 2 aliphatic heterocycles. The number of benzene rings is 1. The van der Waals surface area contributed by atoms with Crippen LogP contribution in [-0.2, 0) is 21.4 Å². The topological polar surface area (TPSA) is 107 Å². The van der Waals surface area contributed by atoms with Gasteiger partial charge < -0.3 is 19.5 Å². The van der Waals surface area contributed by atoms with E-state index in [-0.39, 0.29) is 29.8 Å². The molecule has 0 atom stereocenters. The monoisotopic (exact) mass is 489 g/mol. The van der Waals surface area contributed by atoms with E-state index in [1.165, 1.54) is 16.4 Å². The summed E-state index contributed by atoms with van der Waals surface area (Å²) in [5, 5.41) is 2.96. The number of nitrogens with one attached hydrogen (secondary N) is 1. The molecule has 9 nitrogen and oxygen atoms in total. The first-order valence-electron chi connectivity index (χ1n) is 11.7. The number of hydrogen-bond acceptors (Lipinski definition) is 7. The number of hydrogen-bond donors (Lipinski definition) is 1. The van der Waals surface area contributed by atoms with Crippen LogP contribution in [0.5, 0.6) is 17.4 Å². The zero-order valence-electron chi connectivity index (χ0n) is 19.4. The minimum absolute atomic E-state index is 0.0836. The molecule has 10 heteroatoms. The highest BCUT2D eigenvalue weighted by Crippen LogP contribution is 2.34. The summed E-state index contributed by atoms with van der Waals surface area (Å²) < 4.78 is 44.4. The third-order valence-corrected chi connectivity index (χ3v) is 7.91. The van der Waals surface area contributed by atoms with Gasteiger partial charge in [-0.05, 0) is 37.5 Å². The fraction of sp³-hybridized carbons (Fsp3) is 0.500. The van der Waals surface area contributed by atoms with Crippen LogP contribution < -0.4 is 19.5 Å². The minimum atomic E-state index is -3.68. The molecular formula is C24H31N3O6S. The molecule has 1 saturated heterocycles. The summed E-state index contributed by atoms with van der Waals surface area (Å²) in [6.45, 7) is 4.41. The molecule has 0 aliphatic carbocycles. The molecular weight excluding hydrogens is 458 g/mol. The van der Waals surface area contributed by atoms with E-state index in [1.807, 2.05) is 12.1 Å². The molecule has 1 N–H and O–H groups in total. The van der Waals surface area contributed by atoms with Crippen molar-refractivity contribution in [1.29, 1.82) is 0 Å². The quantitative estimate of drug-likeness (QED) is 0.540. The third kappa shape index (κ3) is 5.61. The molecule has 184 valence electrons. The summed E-state index contributed by atoms with van der Waals surface area (Å²) in [6.07, 6.45) is 4.56. The van der Waals surface area contributed by atoms with Crippen LogP contribution in [0.4, 0.5) is 0 Å². The first-order chi connectivity index (χ1) is 16.5. The second-order valence-electron chi connectivity index (χ2n) is 8.37. The molecule has 34 heavy (non-hydrogen) atoms. The van der Waals surface area contributed by atoms with Crippen molar-refractivity contribution in [3.8, 4) is 17.4 Å². The molecule has 0 radical (unpaired) electrons. The van der Waals surface area contributed by atoms with E-state index in [0.717, 1.165) is 18.4 Å². The van der Waals surface area contributed by atoms with Crippen LogP contribution >= 0.6 is 0 Å². The summed E-state index contributed by atoms with van der Waals surface area (Å²) in [6, 6.07) is 8.37. The number of nitrogens with zero attached hydrogens (tertiary/aromatic N) is 2. The van der Waals surface area contributed by atoms with E-state index in [2.05, 4.69) is 17.2 Å². The van der Waals surface area contributed by atoms with Crippen molar-refractivity contribution in [1.82, 2.24) is 14.6 Å². The Balaban J connectivity index is 1.31. The van der Waals surface area contributed by atoms with Gasteiger partial charge in [0.2, 0.25) is 21.8 Å². The predicted molar refractivity (Wildman–Crippen MR) is 125 cm³/mol. The Morgan fingerprint density at radius 1 is 1.18 bits per heavy atom. The van der Waals surface area contributed by atoms with Crippen LogP contribution in [0.3, 0.4) is 0 Å². The Morgan fingerprint density at radius 2 is 1.94 bits per heavy atom. The molecule has 1 fully saturated rings. The number of piperidine rings is 1. The van der Waals surface area contributed by atoms with Gasteiger partial charge >= 0.3 is 0 Å². The molecule has 0 saturated carbocycles. The average Bonchev–Trinajstić information content (AvgIpc) is 2.88. The summed E-state index contributed by atoms with van der Waals surface area (Å²) in [7, 11) is -3.68. The number of carbonyl (C=O) groups is 1. The van der Waals surface area contributed by atoms with Crippen molar-refractivity contribution in [2.45, 2.75) is 44.0 Å². The van der Waals surface area contributed by atoms with Crippen LogP contribution in [0.1, 0.15) is 38.2 Å². The molecule has 0 spiro atoms. The SMILES string of the molecule is CCCCOc1ncccc1CNC(=O)C1CCN(S(=O)(=O)c2ccc3c(c2)OCCO3)CC1. The smallest absolute Gasteiger partial charge is 0.243 e. The minimum Gasteiger partial charge on any atom is -0.486 e. The number of unbranched alkanes of at least 4 members (excludes halogenated alkanes) is 1. The van der Waals surface area contributed by atoms with E-state index in [4.69, 9.17) is 14.2 Å². The summed E-state index contributed by atoms with van der Waals surface area (Å²) in [5.41, 5.74) is 0.825. The summed E-state index contributed by atoms with van der Waals surface area (Å²) in [4.78, 5) is 17.2. The van der Waals surface area contributed by atoms with Crippen LogP contribution in [-0.4, -0.2) is 56.5 Å².